The van der Waals surface area contributed by atoms with Gasteiger partial charge in [0.1, 0.15) is 17.9 Å². The third-order valence-corrected chi connectivity index (χ3v) is 4.65. The highest BCUT2D eigenvalue weighted by Crippen LogP contribution is 2.30. The number of benzene rings is 3. The molecule has 1 heterocycles. The average Bonchev–Trinajstić information content (AvgIpc) is 2.67. The quantitative estimate of drug-likeness (QED) is 0.402. The highest BCUT2D eigenvalue weighted by Gasteiger charge is 2.09. The average molecular weight is 407 g/mol. The van der Waals surface area contributed by atoms with Crippen LogP contribution in [-0.2, 0) is 6.61 Å². The maximum Gasteiger partial charge on any atom is 0.336 e. The molecule has 0 amide bonds. The summed E-state index contributed by atoms with van der Waals surface area (Å²) < 4.78 is 12.2. The summed E-state index contributed by atoms with van der Waals surface area (Å²) >= 11 is 3.43. The summed E-state index contributed by atoms with van der Waals surface area (Å²) in [6.45, 7) is 0.461. The summed E-state index contributed by atoms with van der Waals surface area (Å²) in [4.78, 5) is 12.0. The van der Waals surface area contributed by atoms with Crippen molar-refractivity contribution in [2.24, 2.45) is 0 Å². The van der Waals surface area contributed by atoms with Gasteiger partial charge in [0.25, 0.3) is 0 Å². The first-order valence-electron chi connectivity index (χ1n) is 8.20. The van der Waals surface area contributed by atoms with Crippen LogP contribution in [0.15, 0.2) is 92.5 Å². The Morgan fingerprint density at radius 3 is 2.42 bits per heavy atom. The first kappa shape index (κ1) is 16.6. The third-order valence-electron chi connectivity index (χ3n) is 4.12. The molecule has 0 fully saturated rings. The van der Waals surface area contributed by atoms with Crippen molar-refractivity contribution < 1.29 is 9.15 Å². The van der Waals surface area contributed by atoms with E-state index in [0.29, 0.717) is 17.9 Å². The van der Waals surface area contributed by atoms with Crippen LogP contribution in [0, 0.1) is 0 Å². The fourth-order valence-corrected chi connectivity index (χ4v) is 3.11. The Kier molecular flexibility index (Phi) is 4.59. The lowest BCUT2D eigenvalue weighted by molar-refractivity contribution is 0.306. The van der Waals surface area contributed by atoms with E-state index in [4.69, 9.17) is 9.15 Å². The molecule has 0 aliphatic carbocycles. The Bertz CT molecular complexity index is 1100. The van der Waals surface area contributed by atoms with E-state index in [2.05, 4.69) is 15.9 Å². The van der Waals surface area contributed by atoms with Gasteiger partial charge in [0.05, 0.1) is 0 Å². The Morgan fingerprint density at radius 1 is 0.885 bits per heavy atom. The van der Waals surface area contributed by atoms with Crippen molar-refractivity contribution in [3.63, 3.8) is 0 Å². The molecule has 1 aromatic heterocycles. The zero-order chi connectivity index (χ0) is 17.9. The van der Waals surface area contributed by atoms with E-state index in [1.54, 1.807) is 6.07 Å². The maximum absolute atomic E-state index is 12.0. The Balaban J connectivity index is 1.70. The molecule has 0 aliphatic rings. The Labute approximate surface area is 159 Å². The van der Waals surface area contributed by atoms with Crippen LogP contribution in [0.25, 0.3) is 22.1 Å². The monoisotopic (exact) mass is 406 g/mol. The van der Waals surface area contributed by atoms with Crippen LogP contribution in [0.3, 0.4) is 0 Å². The minimum Gasteiger partial charge on any atom is -0.489 e. The topological polar surface area (TPSA) is 39.4 Å². The van der Waals surface area contributed by atoms with Crippen molar-refractivity contribution in [3.05, 3.63) is 99.3 Å². The lowest BCUT2D eigenvalue weighted by Crippen LogP contribution is -1.99. The van der Waals surface area contributed by atoms with Gasteiger partial charge in [-0.3, -0.25) is 0 Å². The molecule has 0 radical (unpaired) electrons. The van der Waals surface area contributed by atoms with Crippen LogP contribution in [0.2, 0.25) is 0 Å². The first-order chi connectivity index (χ1) is 12.7. The Morgan fingerprint density at radius 2 is 1.65 bits per heavy atom. The predicted molar refractivity (Wildman–Crippen MR) is 106 cm³/mol. The molecular weight excluding hydrogens is 392 g/mol. The van der Waals surface area contributed by atoms with E-state index in [1.165, 1.54) is 6.07 Å². The van der Waals surface area contributed by atoms with Crippen LogP contribution in [0.5, 0.6) is 5.75 Å². The van der Waals surface area contributed by atoms with E-state index in [9.17, 15) is 4.79 Å². The number of rotatable bonds is 4. The number of hydrogen-bond donors (Lipinski definition) is 0. The molecule has 4 rings (SSSR count). The van der Waals surface area contributed by atoms with Gasteiger partial charge in [-0.15, -0.1) is 0 Å². The minimum atomic E-state index is -0.379. The van der Waals surface area contributed by atoms with E-state index >= 15 is 0 Å². The number of halogens is 1. The largest absolute Gasteiger partial charge is 0.489 e. The van der Waals surface area contributed by atoms with Crippen molar-refractivity contribution in [2.45, 2.75) is 6.61 Å². The predicted octanol–water partition coefficient (Wildman–Crippen LogP) is 5.80. The molecule has 0 spiro atoms. The van der Waals surface area contributed by atoms with Crippen LogP contribution >= 0.6 is 15.9 Å². The van der Waals surface area contributed by atoms with Crippen molar-refractivity contribution in [3.8, 4) is 16.9 Å². The van der Waals surface area contributed by atoms with Crippen molar-refractivity contribution in [1.82, 2.24) is 0 Å². The summed E-state index contributed by atoms with van der Waals surface area (Å²) in [5.41, 5.74) is 3.02. The van der Waals surface area contributed by atoms with Gasteiger partial charge in [0.15, 0.2) is 0 Å². The highest BCUT2D eigenvalue weighted by molar-refractivity contribution is 9.10. The zero-order valence-electron chi connectivity index (χ0n) is 13.8. The molecule has 0 aliphatic heterocycles. The maximum atomic E-state index is 12.0. The van der Waals surface area contributed by atoms with E-state index in [-0.39, 0.29) is 5.63 Å². The summed E-state index contributed by atoms with van der Waals surface area (Å²) in [5, 5.41) is 0.874. The summed E-state index contributed by atoms with van der Waals surface area (Å²) in [6, 6.07) is 24.9. The molecule has 26 heavy (non-hydrogen) atoms. The molecule has 0 atom stereocenters. The molecule has 128 valence electrons. The van der Waals surface area contributed by atoms with Crippen LogP contribution < -0.4 is 10.4 Å². The third kappa shape index (κ3) is 3.55. The van der Waals surface area contributed by atoms with Gasteiger partial charge in [0, 0.05) is 22.0 Å². The number of fused-ring (bicyclic) bond motifs is 1. The van der Waals surface area contributed by atoms with Gasteiger partial charge in [-0.05, 0) is 41.0 Å². The van der Waals surface area contributed by atoms with Crippen LogP contribution in [-0.4, -0.2) is 0 Å². The fourth-order valence-electron chi connectivity index (χ4n) is 2.84. The van der Waals surface area contributed by atoms with Crippen molar-refractivity contribution in [2.75, 3.05) is 0 Å². The van der Waals surface area contributed by atoms with Crippen molar-refractivity contribution >= 4 is 26.9 Å². The van der Waals surface area contributed by atoms with E-state index in [1.807, 2.05) is 66.7 Å². The zero-order valence-corrected chi connectivity index (χ0v) is 15.4. The molecule has 0 N–H and O–H groups in total. The second-order valence-corrected chi connectivity index (χ2v) is 6.83. The molecule has 4 aromatic rings. The molecule has 0 saturated carbocycles. The molecule has 0 unspecified atom stereocenters. The number of ether oxygens (including phenoxy) is 1. The molecular formula is C22H15BrO3. The second kappa shape index (κ2) is 7.18. The smallest absolute Gasteiger partial charge is 0.336 e. The first-order valence-corrected chi connectivity index (χ1v) is 8.99. The highest BCUT2D eigenvalue weighted by atomic mass is 79.9. The van der Waals surface area contributed by atoms with Crippen molar-refractivity contribution in [1.29, 1.82) is 0 Å². The summed E-state index contributed by atoms with van der Waals surface area (Å²) in [6.07, 6.45) is 0. The normalized spacial score (nSPS) is 10.8. The molecule has 4 heteroatoms. The van der Waals surface area contributed by atoms with Crippen LogP contribution in [0.4, 0.5) is 0 Å². The minimum absolute atomic E-state index is 0.379. The fraction of sp³-hybridized carbons (Fsp3) is 0.0455. The number of hydrogen-bond acceptors (Lipinski definition) is 3. The molecule has 3 aromatic carbocycles. The lowest BCUT2D eigenvalue weighted by Gasteiger charge is -2.09. The van der Waals surface area contributed by atoms with Gasteiger partial charge in [-0.1, -0.05) is 58.4 Å². The molecule has 0 saturated heterocycles. The lowest BCUT2D eigenvalue weighted by atomic mass is 10.0. The standard InChI is InChI=1S/C22H15BrO3/c23-17-8-6-16(7-9-17)20-13-22(24)26-21-12-18(10-11-19(20)21)25-14-15-4-2-1-3-5-15/h1-13H,14H2. The van der Waals surface area contributed by atoms with E-state index in [0.717, 1.165) is 26.5 Å². The van der Waals surface area contributed by atoms with Gasteiger partial charge in [0.2, 0.25) is 0 Å². The Hall–Kier alpha value is -2.85. The van der Waals surface area contributed by atoms with Gasteiger partial charge < -0.3 is 9.15 Å². The molecule has 3 nitrogen and oxygen atoms in total. The van der Waals surface area contributed by atoms with Gasteiger partial charge in [-0.25, -0.2) is 4.79 Å². The van der Waals surface area contributed by atoms with Gasteiger partial charge in [-0.2, -0.15) is 0 Å². The molecule has 0 bridgehead atoms. The summed E-state index contributed by atoms with van der Waals surface area (Å²) in [7, 11) is 0. The van der Waals surface area contributed by atoms with E-state index < -0.39 is 0 Å². The van der Waals surface area contributed by atoms with Gasteiger partial charge >= 0.3 is 5.63 Å². The SMILES string of the molecule is O=c1cc(-c2ccc(Br)cc2)c2ccc(OCc3ccccc3)cc2o1. The van der Waals surface area contributed by atoms with Crippen LogP contribution in [0.1, 0.15) is 5.56 Å². The second-order valence-electron chi connectivity index (χ2n) is 5.92. The summed E-state index contributed by atoms with van der Waals surface area (Å²) in [5.74, 6) is 0.664.